The van der Waals surface area contributed by atoms with Gasteiger partial charge in [-0.3, -0.25) is 4.79 Å². The number of amides is 2. The number of carboxylic acids is 1. The Kier molecular flexibility index (Phi) is 3.55. The number of aliphatic carboxylic acids is 1. The van der Waals surface area contributed by atoms with E-state index in [1.807, 2.05) is 0 Å². The normalized spacial score (nSPS) is 19.9. The van der Waals surface area contributed by atoms with Crippen LogP contribution in [0.15, 0.2) is 0 Å². The van der Waals surface area contributed by atoms with Crippen LogP contribution in [-0.2, 0) is 4.79 Å². The third-order valence-corrected chi connectivity index (χ3v) is 2.95. The van der Waals surface area contributed by atoms with Crippen LogP contribution in [0.4, 0.5) is 4.79 Å². The van der Waals surface area contributed by atoms with Gasteiger partial charge in [-0.15, -0.1) is 0 Å². The van der Waals surface area contributed by atoms with E-state index in [-0.39, 0.29) is 5.41 Å². The molecular weight excluding hydrogens is 196 g/mol. The summed E-state index contributed by atoms with van der Waals surface area (Å²) in [6.45, 7) is 4.18. The van der Waals surface area contributed by atoms with Gasteiger partial charge in [0, 0.05) is 6.54 Å². The first-order chi connectivity index (χ1) is 6.93. The molecule has 86 valence electrons. The van der Waals surface area contributed by atoms with Crippen LogP contribution >= 0.6 is 0 Å². The lowest BCUT2D eigenvalue weighted by atomic mass is 9.70. The third kappa shape index (κ3) is 3.42. The number of hydrogen-bond donors (Lipinski definition) is 3. The number of carboxylic acid groups (broad SMARTS) is 1. The van der Waals surface area contributed by atoms with Gasteiger partial charge in [-0.2, -0.15) is 0 Å². The molecule has 1 atom stereocenters. The van der Waals surface area contributed by atoms with E-state index >= 15 is 0 Å². The number of urea groups is 1. The second kappa shape index (κ2) is 4.51. The molecule has 0 saturated heterocycles. The average Bonchev–Trinajstić information content (AvgIpc) is 2.11. The molecule has 2 amide bonds. The number of hydrogen-bond acceptors (Lipinski definition) is 2. The minimum Gasteiger partial charge on any atom is -0.480 e. The van der Waals surface area contributed by atoms with Crippen LogP contribution in [0.1, 0.15) is 33.1 Å². The quantitative estimate of drug-likeness (QED) is 0.652. The Labute approximate surface area is 89.2 Å². The molecule has 1 aliphatic rings. The predicted molar refractivity (Wildman–Crippen MR) is 55.6 cm³/mol. The fraction of sp³-hybridized carbons (Fsp3) is 0.800. The summed E-state index contributed by atoms with van der Waals surface area (Å²) in [5.74, 6) is -1.03. The highest BCUT2D eigenvalue weighted by molar-refractivity contribution is 5.82. The summed E-state index contributed by atoms with van der Waals surface area (Å²) < 4.78 is 0. The highest BCUT2D eigenvalue weighted by Crippen LogP contribution is 2.39. The summed E-state index contributed by atoms with van der Waals surface area (Å²) in [5, 5.41) is 13.6. The van der Waals surface area contributed by atoms with Crippen molar-refractivity contribution in [1.82, 2.24) is 10.6 Å². The lowest BCUT2D eigenvalue weighted by Gasteiger charge is -2.38. The van der Waals surface area contributed by atoms with Gasteiger partial charge in [0.25, 0.3) is 0 Å². The van der Waals surface area contributed by atoms with Crippen LogP contribution in [0.2, 0.25) is 0 Å². The topological polar surface area (TPSA) is 78.4 Å². The Morgan fingerprint density at radius 1 is 1.47 bits per heavy atom. The zero-order chi connectivity index (χ0) is 11.5. The van der Waals surface area contributed by atoms with Gasteiger partial charge in [0.15, 0.2) is 0 Å². The Hall–Kier alpha value is -1.26. The fourth-order valence-corrected chi connectivity index (χ4v) is 1.56. The summed E-state index contributed by atoms with van der Waals surface area (Å²) in [7, 11) is 0. The average molecular weight is 214 g/mol. The number of carbonyl (C=O) groups excluding carboxylic acids is 1. The van der Waals surface area contributed by atoms with Crippen molar-refractivity contribution in [1.29, 1.82) is 0 Å². The van der Waals surface area contributed by atoms with Crippen molar-refractivity contribution in [2.45, 2.75) is 39.2 Å². The van der Waals surface area contributed by atoms with E-state index in [0.29, 0.717) is 6.54 Å². The monoisotopic (exact) mass is 214 g/mol. The van der Waals surface area contributed by atoms with Crippen LogP contribution in [0.25, 0.3) is 0 Å². The number of carbonyl (C=O) groups is 2. The first-order valence-electron chi connectivity index (χ1n) is 5.20. The summed E-state index contributed by atoms with van der Waals surface area (Å²) in [6, 6.07) is -1.25. The molecule has 3 N–H and O–H groups in total. The van der Waals surface area contributed by atoms with Crippen molar-refractivity contribution in [3.8, 4) is 0 Å². The maximum atomic E-state index is 11.3. The van der Waals surface area contributed by atoms with E-state index < -0.39 is 18.0 Å². The molecule has 5 heteroatoms. The summed E-state index contributed by atoms with van der Waals surface area (Å²) >= 11 is 0. The van der Waals surface area contributed by atoms with Gasteiger partial charge in [0.2, 0.25) is 0 Å². The van der Waals surface area contributed by atoms with Gasteiger partial charge in [0.1, 0.15) is 6.04 Å². The van der Waals surface area contributed by atoms with Gasteiger partial charge < -0.3 is 15.7 Å². The molecule has 0 aromatic rings. The van der Waals surface area contributed by atoms with E-state index in [4.69, 9.17) is 5.11 Å². The standard InChI is InChI=1S/C10H18N2O3/c1-7(8(13)14)12-9(15)11-6-10(2)4-3-5-10/h7H,3-6H2,1-2H3,(H,13,14)(H2,11,12,15)/t7-/m0/s1. The molecule has 0 aliphatic heterocycles. The molecule has 5 nitrogen and oxygen atoms in total. The highest BCUT2D eigenvalue weighted by Gasteiger charge is 2.31. The molecule has 0 unspecified atom stereocenters. The Morgan fingerprint density at radius 3 is 2.47 bits per heavy atom. The lowest BCUT2D eigenvalue weighted by Crippen LogP contribution is -2.48. The number of rotatable bonds is 4. The van der Waals surface area contributed by atoms with Crippen LogP contribution in [0.3, 0.4) is 0 Å². The lowest BCUT2D eigenvalue weighted by molar-refractivity contribution is -0.138. The second-order valence-corrected chi connectivity index (χ2v) is 4.55. The molecule has 1 rings (SSSR count). The van der Waals surface area contributed by atoms with Crippen molar-refractivity contribution in [3.63, 3.8) is 0 Å². The molecule has 0 radical (unpaired) electrons. The van der Waals surface area contributed by atoms with Gasteiger partial charge in [0.05, 0.1) is 0 Å². The molecule has 0 aromatic carbocycles. The smallest absolute Gasteiger partial charge is 0.325 e. The first kappa shape index (κ1) is 11.8. The fourth-order valence-electron chi connectivity index (χ4n) is 1.56. The first-order valence-corrected chi connectivity index (χ1v) is 5.20. The molecule has 15 heavy (non-hydrogen) atoms. The maximum absolute atomic E-state index is 11.3. The Morgan fingerprint density at radius 2 is 2.07 bits per heavy atom. The molecule has 0 spiro atoms. The van der Waals surface area contributed by atoms with Crippen LogP contribution in [0.5, 0.6) is 0 Å². The minimum absolute atomic E-state index is 0.212. The molecule has 0 bridgehead atoms. The predicted octanol–water partition coefficient (Wildman–Crippen LogP) is 0.949. The Balaban J connectivity index is 2.21. The molecular formula is C10H18N2O3. The zero-order valence-corrected chi connectivity index (χ0v) is 9.17. The largest absolute Gasteiger partial charge is 0.480 e. The van der Waals surface area contributed by atoms with Gasteiger partial charge in [-0.25, -0.2) is 4.79 Å². The highest BCUT2D eigenvalue weighted by atomic mass is 16.4. The van der Waals surface area contributed by atoms with Crippen LogP contribution < -0.4 is 10.6 Å². The van der Waals surface area contributed by atoms with Crippen molar-refractivity contribution in [3.05, 3.63) is 0 Å². The zero-order valence-electron chi connectivity index (χ0n) is 9.17. The maximum Gasteiger partial charge on any atom is 0.325 e. The summed E-state index contributed by atoms with van der Waals surface area (Å²) in [4.78, 5) is 21.7. The van der Waals surface area contributed by atoms with E-state index in [1.165, 1.54) is 13.3 Å². The van der Waals surface area contributed by atoms with Gasteiger partial charge >= 0.3 is 12.0 Å². The summed E-state index contributed by atoms with van der Waals surface area (Å²) in [6.07, 6.45) is 3.47. The van der Waals surface area contributed by atoms with Crippen molar-refractivity contribution >= 4 is 12.0 Å². The van der Waals surface area contributed by atoms with E-state index in [2.05, 4.69) is 17.6 Å². The minimum atomic E-state index is -1.03. The Bertz CT molecular complexity index is 261. The molecule has 1 saturated carbocycles. The van der Waals surface area contributed by atoms with Gasteiger partial charge in [-0.05, 0) is 25.2 Å². The third-order valence-electron chi connectivity index (χ3n) is 2.95. The van der Waals surface area contributed by atoms with E-state index in [0.717, 1.165) is 12.8 Å². The van der Waals surface area contributed by atoms with Gasteiger partial charge in [-0.1, -0.05) is 13.3 Å². The second-order valence-electron chi connectivity index (χ2n) is 4.55. The molecule has 0 heterocycles. The van der Waals surface area contributed by atoms with E-state index in [1.54, 1.807) is 0 Å². The number of nitrogens with one attached hydrogen (secondary N) is 2. The van der Waals surface area contributed by atoms with Crippen molar-refractivity contribution < 1.29 is 14.7 Å². The SMILES string of the molecule is C[C@H](NC(=O)NCC1(C)CCC1)C(=O)O. The van der Waals surface area contributed by atoms with Crippen molar-refractivity contribution in [2.75, 3.05) is 6.54 Å². The van der Waals surface area contributed by atoms with E-state index in [9.17, 15) is 9.59 Å². The molecule has 1 fully saturated rings. The van der Waals surface area contributed by atoms with Crippen molar-refractivity contribution in [2.24, 2.45) is 5.41 Å². The molecule has 0 aromatic heterocycles. The molecule has 1 aliphatic carbocycles. The van der Waals surface area contributed by atoms with Crippen LogP contribution in [0, 0.1) is 5.41 Å². The summed E-state index contributed by atoms with van der Waals surface area (Å²) in [5.41, 5.74) is 0.212. The van der Waals surface area contributed by atoms with Crippen LogP contribution in [-0.4, -0.2) is 29.7 Å².